The van der Waals surface area contributed by atoms with E-state index in [1.807, 2.05) is 37.0 Å². The van der Waals surface area contributed by atoms with Gasteiger partial charge in [0.1, 0.15) is 0 Å². The summed E-state index contributed by atoms with van der Waals surface area (Å²) in [5, 5.41) is 6.39. The molecule has 5 heteroatoms. The maximum atomic E-state index is 4.40. The number of likely N-dealkylation sites (N-methyl/N-ethyl adjacent to an activating group) is 1. The second-order valence-electron chi connectivity index (χ2n) is 3.34. The smallest absolute Gasteiger partial charge is 0.0944 e. The lowest BCUT2D eigenvalue weighted by Crippen LogP contribution is -2.20. The fourth-order valence-corrected chi connectivity index (χ4v) is 2.71. The summed E-state index contributed by atoms with van der Waals surface area (Å²) in [6.07, 6.45) is 4.51. The SMILES string of the molecule is CNC(Cc1nccs1)c1ncccc1Br. The molecule has 0 saturated carbocycles. The van der Waals surface area contributed by atoms with Gasteiger partial charge in [0, 0.05) is 28.7 Å². The van der Waals surface area contributed by atoms with Gasteiger partial charge in [0.25, 0.3) is 0 Å². The third kappa shape index (κ3) is 2.66. The van der Waals surface area contributed by atoms with E-state index in [9.17, 15) is 0 Å². The van der Waals surface area contributed by atoms with Gasteiger partial charge in [-0.15, -0.1) is 11.3 Å². The first-order valence-electron chi connectivity index (χ1n) is 4.97. The Labute approximate surface area is 107 Å². The molecule has 0 bridgehead atoms. The number of halogens is 1. The van der Waals surface area contributed by atoms with Crippen LogP contribution in [0, 0.1) is 0 Å². The largest absolute Gasteiger partial charge is 0.311 e. The van der Waals surface area contributed by atoms with E-state index in [-0.39, 0.29) is 6.04 Å². The number of aromatic nitrogens is 2. The predicted molar refractivity (Wildman–Crippen MR) is 69.6 cm³/mol. The summed E-state index contributed by atoms with van der Waals surface area (Å²) in [5.41, 5.74) is 1.03. The number of thiazole rings is 1. The van der Waals surface area contributed by atoms with Crippen LogP contribution < -0.4 is 5.32 Å². The maximum Gasteiger partial charge on any atom is 0.0944 e. The van der Waals surface area contributed by atoms with Gasteiger partial charge in [0.15, 0.2) is 0 Å². The topological polar surface area (TPSA) is 37.8 Å². The number of nitrogens with one attached hydrogen (secondary N) is 1. The molecule has 0 aliphatic carbocycles. The fraction of sp³-hybridized carbons (Fsp3) is 0.273. The molecular formula is C11H12BrN3S. The van der Waals surface area contributed by atoms with Crippen LogP contribution in [0.2, 0.25) is 0 Å². The number of pyridine rings is 1. The number of hydrogen-bond acceptors (Lipinski definition) is 4. The van der Waals surface area contributed by atoms with E-state index in [4.69, 9.17) is 0 Å². The van der Waals surface area contributed by atoms with Crippen LogP contribution in [-0.2, 0) is 6.42 Å². The van der Waals surface area contributed by atoms with Gasteiger partial charge >= 0.3 is 0 Å². The summed E-state index contributed by atoms with van der Waals surface area (Å²) >= 11 is 5.20. The van der Waals surface area contributed by atoms with Crippen LogP contribution in [0.1, 0.15) is 16.7 Å². The van der Waals surface area contributed by atoms with Crippen molar-refractivity contribution in [3.8, 4) is 0 Å². The van der Waals surface area contributed by atoms with Gasteiger partial charge in [-0.25, -0.2) is 4.98 Å². The summed E-state index contributed by atoms with van der Waals surface area (Å²) in [6, 6.07) is 4.12. The second-order valence-corrected chi connectivity index (χ2v) is 5.18. The number of hydrogen-bond donors (Lipinski definition) is 1. The van der Waals surface area contributed by atoms with Crippen LogP contribution in [0.5, 0.6) is 0 Å². The molecule has 0 radical (unpaired) electrons. The second kappa shape index (κ2) is 5.52. The molecule has 0 aromatic carbocycles. The van der Waals surface area contributed by atoms with Crippen molar-refractivity contribution in [1.82, 2.24) is 15.3 Å². The van der Waals surface area contributed by atoms with Crippen molar-refractivity contribution in [2.75, 3.05) is 7.05 Å². The Kier molecular flexibility index (Phi) is 4.04. The van der Waals surface area contributed by atoms with Crippen LogP contribution in [-0.4, -0.2) is 17.0 Å². The van der Waals surface area contributed by atoms with Crippen molar-refractivity contribution in [3.05, 3.63) is 45.1 Å². The fourth-order valence-electron chi connectivity index (χ4n) is 1.52. The van der Waals surface area contributed by atoms with E-state index in [1.165, 1.54) is 0 Å². The monoisotopic (exact) mass is 297 g/mol. The van der Waals surface area contributed by atoms with Crippen molar-refractivity contribution in [3.63, 3.8) is 0 Å². The van der Waals surface area contributed by atoms with E-state index in [2.05, 4.69) is 31.2 Å². The van der Waals surface area contributed by atoms with Crippen molar-refractivity contribution in [2.24, 2.45) is 0 Å². The molecular weight excluding hydrogens is 286 g/mol. The van der Waals surface area contributed by atoms with Gasteiger partial charge in [-0.2, -0.15) is 0 Å². The molecule has 0 spiro atoms. The summed E-state index contributed by atoms with van der Waals surface area (Å²) in [5.74, 6) is 0. The lowest BCUT2D eigenvalue weighted by atomic mass is 10.1. The molecule has 2 aromatic heterocycles. The Hall–Kier alpha value is -0.780. The molecule has 0 saturated heterocycles. The highest BCUT2D eigenvalue weighted by molar-refractivity contribution is 9.10. The lowest BCUT2D eigenvalue weighted by molar-refractivity contribution is 0.572. The van der Waals surface area contributed by atoms with E-state index >= 15 is 0 Å². The van der Waals surface area contributed by atoms with Crippen molar-refractivity contribution in [2.45, 2.75) is 12.5 Å². The van der Waals surface area contributed by atoms with Crippen LogP contribution in [0.15, 0.2) is 34.4 Å². The van der Waals surface area contributed by atoms with Crippen LogP contribution in [0.4, 0.5) is 0 Å². The van der Waals surface area contributed by atoms with Crippen molar-refractivity contribution >= 4 is 27.3 Å². The van der Waals surface area contributed by atoms with Gasteiger partial charge in [-0.3, -0.25) is 4.98 Å². The Balaban J connectivity index is 2.20. The Morgan fingerprint density at radius 3 is 2.94 bits per heavy atom. The molecule has 2 heterocycles. The van der Waals surface area contributed by atoms with E-state index in [0.717, 1.165) is 21.6 Å². The molecule has 16 heavy (non-hydrogen) atoms. The van der Waals surface area contributed by atoms with Crippen molar-refractivity contribution < 1.29 is 0 Å². The zero-order valence-corrected chi connectivity index (χ0v) is 11.3. The molecule has 3 nitrogen and oxygen atoms in total. The molecule has 1 N–H and O–H groups in total. The Morgan fingerprint density at radius 1 is 1.44 bits per heavy atom. The highest BCUT2D eigenvalue weighted by Crippen LogP contribution is 2.24. The molecule has 0 aliphatic heterocycles. The lowest BCUT2D eigenvalue weighted by Gasteiger charge is -2.15. The summed E-state index contributed by atoms with van der Waals surface area (Å²) < 4.78 is 1.03. The molecule has 0 fully saturated rings. The first-order chi connectivity index (χ1) is 7.81. The van der Waals surface area contributed by atoms with E-state index in [1.54, 1.807) is 11.3 Å². The minimum Gasteiger partial charge on any atom is -0.311 e. The summed E-state index contributed by atoms with van der Waals surface area (Å²) in [4.78, 5) is 8.69. The average molecular weight is 298 g/mol. The summed E-state index contributed by atoms with van der Waals surface area (Å²) in [6.45, 7) is 0. The third-order valence-corrected chi connectivity index (χ3v) is 3.80. The third-order valence-electron chi connectivity index (χ3n) is 2.33. The maximum absolute atomic E-state index is 4.40. The van der Waals surface area contributed by atoms with Crippen LogP contribution in [0.3, 0.4) is 0 Å². The molecule has 2 rings (SSSR count). The molecule has 1 unspecified atom stereocenters. The summed E-state index contributed by atoms with van der Waals surface area (Å²) in [7, 11) is 1.94. The zero-order valence-electron chi connectivity index (χ0n) is 8.85. The Bertz CT molecular complexity index is 444. The minimum absolute atomic E-state index is 0.196. The average Bonchev–Trinajstić information content (AvgIpc) is 2.80. The van der Waals surface area contributed by atoms with Gasteiger partial charge in [-0.05, 0) is 35.1 Å². The zero-order chi connectivity index (χ0) is 11.4. The highest BCUT2D eigenvalue weighted by atomic mass is 79.9. The number of rotatable bonds is 4. The first-order valence-corrected chi connectivity index (χ1v) is 6.64. The predicted octanol–water partition coefficient (Wildman–Crippen LogP) is 2.80. The van der Waals surface area contributed by atoms with Gasteiger partial charge < -0.3 is 5.32 Å². The van der Waals surface area contributed by atoms with Gasteiger partial charge in [0.2, 0.25) is 0 Å². The van der Waals surface area contributed by atoms with E-state index in [0.29, 0.717) is 0 Å². The van der Waals surface area contributed by atoms with Crippen molar-refractivity contribution in [1.29, 1.82) is 0 Å². The van der Waals surface area contributed by atoms with Crippen LogP contribution >= 0.6 is 27.3 Å². The van der Waals surface area contributed by atoms with Crippen LogP contribution in [0.25, 0.3) is 0 Å². The quantitative estimate of drug-likeness (QED) is 0.943. The van der Waals surface area contributed by atoms with Gasteiger partial charge in [-0.1, -0.05) is 0 Å². The molecule has 1 atom stereocenters. The highest BCUT2D eigenvalue weighted by Gasteiger charge is 2.15. The first kappa shape index (κ1) is 11.7. The van der Waals surface area contributed by atoms with Gasteiger partial charge in [0.05, 0.1) is 16.7 Å². The Morgan fingerprint density at radius 2 is 2.31 bits per heavy atom. The normalized spacial score (nSPS) is 12.6. The minimum atomic E-state index is 0.196. The molecule has 0 amide bonds. The number of nitrogens with zero attached hydrogens (tertiary/aromatic N) is 2. The molecule has 84 valence electrons. The molecule has 0 aliphatic rings. The van der Waals surface area contributed by atoms with E-state index < -0.39 is 0 Å². The molecule has 2 aromatic rings. The standard InChI is InChI=1S/C11H12BrN3S/c1-13-9(7-10-14-5-6-16-10)11-8(12)3-2-4-15-11/h2-6,9,13H,7H2,1H3.